The van der Waals surface area contributed by atoms with E-state index in [-0.39, 0.29) is 5.91 Å². The number of fused-ring (bicyclic) bond motifs is 1. The zero-order valence-corrected chi connectivity index (χ0v) is 12.3. The van der Waals surface area contributed by atoms with Crippen LogP contribution in [0, 0.1) is 13.8 Å². The number of hydrogen-bond donors (Lipinski definition) is 1. The molecule has 0 fully saturated rings. The van der Waals surface area contributed by atoms with Crippen LogP contribution < -0.4 is 5.32 Å². The van der Waals surface area contributed by atoms with Gasteiger partial charge in [0.2, 0.25) is 5.91 Å². The average Bonchev–Trinajstić information content (AvgIpc) is 2.86. The van der Waals surface area contributed by atoms with Crippen molar-refractivity contribution in [3.05, 3.63) is 53.9 Å². The highest BCUT2D eigenvalue weighted by atomic mass is 16.1. The van der Waals surface area contributed by atoms with Crippen molar-refractivity contribution in [1.29, 1.82) is 0 Å². The number of carbonyl (C=O) groups excluding carboxylic acids is 1. The van der Waals surface area contributed by atoms with Crippen molar-refractivity contribution < 1.29 is 4.79 Å². The third-order valence-corrected chi connectivity index (χ3v) is 3.52. The zero-order valence-electron chi connectivity index (χ0n) is 12.3. The molecule has 2 aromatic heterocycles. The maximum Gasteiger partial charge on any atom is 0.221 e. The summed E-state index contributed by atoms with van der Waals surface area (Å²) in [5.74, 6) is -0.0684. The van der Waals surface area contributed by atoms with Gasteiger partial charge in [-0.05, 0) is 37.1 Å². The molecular formula is C17H17N3O. The van der Waals surface area contributed by atoms with Crippen molar-refractivity contribution in [3.63, 3.8) is 0 Å². The van der Waals surface area contributed by atoms with Crippen LogP contribution in [0.25, 0.3) is 16.9 Å². The Morgan fingerprint density at radius 1 is 1.19 bits per heavy atom. The average molecular weight is 279 g/mol. The molecule has 0 atom stereocenters. The fourth-order valence-electron chi connectivity index (χ4n) is 2.40. The largest absolute Gasteiger partial charge is 0.326 e. The lowest BCUT2D eigenvalue weighted by Crippen LogP contribution is -2.07. The number of carbonyl (C=O) groups is 1. The van der Waals surface area contributed by atoms with E-state index in [1.165, 1.54) is 6.92 Å². The van der Waals surface area contributed by atoms with Crippen LogP contribution in [0.4, 0.5) is 5.69 Å². The van der Waals surface area contributed by atoms with Gasteiger partial charge in [0.25, 0.3) is 0 Å². The Balaban J connectivity index is 2.10. The van der Waals surface area contributed by atoms with Crippen LogP contribution in [0.3, 0.4) is 0 Å². The van der Waals surface area contributed by atoms with E-state index in [2.05, 4.69) is 10.3 Å². The van der Waals surface area contributed by atoms with Gasteiger partial charge in [-0.3, -0.25) is 4.79 Å². The van der Waals surface area contributed by atoms with Crippen molar-refractivity contribution in [2.45, 2.75) is 20.8 Å². The summed E-state index contributed by atoms with van der Waals surface area (Å²) in [6, 6.07) is 10.0. The summed E-state index contributed by atoms with van der Waals surface area (Å²) >= 11 is 0. The monoisotopic (exact) mass is 279 g/mol. The van der Waals surface area contributed by atoms with Crippen LogP contribution in [0.5, 0.6) is 0 Å². The first-order valence-corrected chi connectivity index (χ1v) is 6.87. The minimum Gasteiger partial charge on any atom is -0.326 e. The van der Waals surface area contributed by atoms with Crippen LogP contribution in [0.1, 0.15) is 18.1 Å². The number of benzene rings is 1. The van der Waals surface area contributed by atoms with E-state index in [1.807, 2.05) is 61.0 Å². The molecule has 0 spiro atoms. The fourth-order valence-corrected chi connectivity index (χ4v) is 2.40. The Hall–Kier alpha value is -2.62. The molecule has 0 radical (unpaired) electrons. The van der Waals surface area contributed by atoms with Crippen LogP contribution in [0.15, 0.2) is 42.7 Å². The molecular weight excluding hydrogens is 262 g/mol. The second-order valence-electron chi connectivity index (χ2n) is 5.26. The first-order chi connectivity index (χ1) is 10.0. The number of nitrogens with zero attached hydrogens (tertiary/aromatic N) is 2. The standard InChI is InChI=1S/C17H17N3O/c1-11-6-7-14(9-15(11)18-13(3)21)16-10-20-8-4-5-12(2)17(20)19-16/h4-10H,1-3H3,(H,18,21). The van der Waals surface area contributed by atoms with Crippen molar-refractivity contribution in [2.75, 3.05) is 5.32 Å². The first-order valence-electron chi connectivity index (χ1n) is 6.87. The van der Waals surface area contributed by atoms with Gasteiger partial charge in [0, 0.05) is 30.6 Å². The van der Waals surface area contributed by atoms with Crippen LogP contribution in [-0.2, 0) is 4.79 Å². The van der Waals surface area contributed by atoms with E-state index in [1.54, 1.807) is 0 Å². The zero-order chi connectivity index (χ0) is 15.0. The summed E-state index contributed by atoms with van der Waals surface area (Å²) in [7, 11) is 0. The van der Waals surface area contributed by atoms with E-state index < -0.39 is 0 Å². The van der Waals surface area contributed by atoms with Gasteiger partial charge in [-0.15, -0.1) is 0 Å². The molecule has 21 heavy (non-hydrogen) atoms. The van der Waals surface area contributed by atoms with E-state index in [4.69, 9.17) is 0 Å². The number of nitrogens with one attached hydrogen (secondary N) is 1. The summed E-state index contributed by atoms with van der Waals surface area (Å²) in [5, 5.41) is 2.85. The smallest absolute Gasteiger partial charge is 0.221 e. The van der Waals surface area contributed by atoms with Gasteiger partial charge in [-0.25, -0.2) is 4.98 Å². The van der Waals surface area contributed by atoms with Gasteiger partial charge in [0.1, 0.15) is 5.65 Å². The van der Waals surface area contributed by atoms with Crippen LogP contribution in [-0.4, -0.2) is 15.3 Å². The second kappa shape index (κ2) is 5.05. The first kappa shape index (κ1) is 13.4. The third-order valence-electron chi connectivity index (χ3n) is 3.52. The minimum absolute atomic E-state index is 0.0684. The molecule has 1 N–H and O–H groups in total. The molecule has 4 nitrogen and oxygen atoms in total. The van der Waals surface area contributed by atoms with Gasteiger partial charge in [-0.1, -0.05) is 18.2 Å². The lowest BCUT2D eigenvalue weighted by molar-refractivity contribution is -0.114. The van der Waals surface area contributed by atoms with E-state index in [0.717, 1.165) is 33.7 Å². The maximum absolute atomic E-state index is 11.3. The predicted molar refractivity (Wildman–Crippen MR) is 84.4 cm³/mol. The summed E-state index contributed by atoms with van der Waals surface area (Å²) in [4.78, 5) is 16.0. The van der Waals surface area contributed by atoms with Crippen molar-refractivity contribution in [2.24, 2.45) is 0 Å². The molecule has 0 saturated heterocycles. The number of aromatic nitrogens is 2. The minimum atomic E-state index is -0.0684. The number of amides is 1. The second-order valence-corrected chi connectivity index (χ2v) is 5.26. The van der Waals surface area contributed by atoms with Gasteiger partial charge >= 0.3 is 0 Å². The molecule has 0 aliphatic carbocycles. The number of pyridine rings is 1. The molecule has 1 aromatic carbocycles. The highest BCUT2D eigenvalue weighted by molar-refractivity contribution is 5.90. The number of anilines is 1. The molecule has 0 aliphatic heterocycles. The van der Waals surface area contributed by atoms with Crippen LogP contribution >= 0.6 is 0 Å². The highest BCUT2D eigenvalue weighted by Gasteiger charge is 2.08. The molecule has 0 bridgehead atoms. The molecule has 3 rings (SSSR count). The molecule has 106 valence electrons. The summed E-state index contributed by atoms with van der Waals surface area (Å²) in [6.45, 7) is 5.53. The Bertz CT molecular complexity index is 833. The SMILES string of the molecule is CC(=O)Nc1cc(-c2cn3cccc(C)c3n2)ccc1C. The third kappa shape index (κ3) is 2.52. The van der Waals surface area contributed by atoms with Gasteiger partial charge in [-0.2, -0.15) is 0 Å². The Morgan fingerprint density at radius 2 is 2.00 bits per heavy atom. The molecule has 0 saturated carbocycles. The molecule has 0 aliphatic rings. The molecule has 3 aromatic rings. The topological polar surface area (TPSA) is 46.4 Å². The highest BCUT2D eigenvalue weighted by Crippen LogP contribution is 2.25. The lowest BCUT2D eigenvalue weighted by atomic mass is 10.1. The number of aryl methyl sites for hydroxylation is 2. The number of imidazole rings is 1. The summed E-state index contributed by atoms with van der Waals surface area (Å²) in [6.07, 6.45) is 3.99. The van der Waals surface area contributed by atoms with E-state index in [9.17, 15) is 4.79 Å². The Morgan fingerprint density at radius 3 is 2.71 bits per heavy atom. The summed E-state index contributed by atoms with van der Waals surface area (Å²) in [5.41, 5.74) is 5.85. The van der Waals surface area contributed by atoms with Crippen molar-refractivity contribution in [1.82, 2.24) is 9.38 Å². The predicted octanol–water partition coefficient (Wildman–Crippen LogP) is 3.58. The quantitative estimate of drug-likeness (QED) is 0.779. The summed E-state index contributed by atoms with van der Waals surface area (Å²) < 4.78 is 2.02. The Kier molecular flexibility index (Phi) is 3.22. The molecule has 2 heterocycles. The number of hydrogen-bond acceptors (Lipinski definition) is 2. The van der Waals surface area contributed by atoms with Gasteiger partial charge in [0.05, 0.1) is 5.69 Å². The Labute approximate surface area is 123 Å². The van der Waals surface area contributed by atoms with Gasteiger partial charge in [0.15, 0.2) is 0 Å². The van der Waals surface area contributed by atoms with E-state index in [0.29, 0.717) is 0 Å². The van der Waals surface area contributed by atoms with Crippen LogP contribution in [0.2, 0.25) is 0 Å². The lowest BCUT2D eigenvalue weighted by Gasteiger charge is -2.07. The molecule has 4 heteroatoms. The van der Waals surface area contributed by atoms with E-state index >= 15 is 0 Å². The fraction of sp³-hybridized carbons (Fsp3) is 0.176. The molecule has 0 unspecified atom stereocenters. The number of rotatable bonds is 2. The normalized spacial score (nSPS) is 10.8. The van der Waals surface area contributed by atoms with Gasteiger partial charge < -0.3 is 9.72 Å². The van der Waals surface area contributed by atoms with Crippen molar-refractivity contribution >= 4 is 17.2 Å². The maximum atomic E-state index is 11.3. The van der Waals surface area contributed by atoms with Crippen molar-refractivity contribution in [3.8, 4) is 11.3 Å². The molecule has 1 amide bonds.